The monoisotopic (exact) mass is 550 g/mol. The topological polar surface area (TPSA) is 53.0 Å². The molecule has 1 spiro atoms. The molecule has 1 N–H and O–H groups in total. The average molecular weight is 551 g/mol. The summed E-state index contributed by atoms with van der Waals surface area (Å²) in [6, 6.07) is 8.46. The predicted molar refractivity (Wildman–Crippen MR) is 143 cm³/mol. The minimum Gasteiger partial charge on any atom is -0.504 e. The molecular formula is C32H33F3N2O3. The second-order valence-corrected chi connectivity index (χ2v) is 12.6. The second kappa shape index (κ2) is 8.66. The van der Waals surface area contributed by atoms with E-state index >= 15 is 0 Å². The Hall–Kier alpha value is -3.18. The van der Waals surface area contributed by atoms with Gasteiger partial charge in [0.05, 0.1) is 11.6 Å². The molecule has 2 aliphatic heterocycles. The molecule has 1 saturated heterocycles. The Morgan fingerprint density at radius 3 is 2.60 bits per heavy atom. The van der Waals surface area contributed by atoms with Crippen LogP contribution in [-0.4, -0.2) is 59.1 Å². The number of carbonyl (C=O) groups excluding carboxylic acids is 1. The van der Waals surface area contributed by atoms with Crippen molar-refractivity contribution in [3.05, 3.63) is 58.7 Å². The zero-order chi connectivity index (χ0) is 28.0. The third kappa shape index (κ3) is 3.62. The van der Waals surface area contributed by atoms with Crippen LogP contribution >= 0.6 is 0 Å². The number of hydrogen-bond acceptors (Lipinski definition) is 4. The summed E-state index contributed by atoms with van der Waals surface area (Å²) in [6.07, 6.45) is 1.45. The van der Waals surface area contributed by atoms with Crippen molar-refractivity contribution in [3.8, 4) is 23.3 Å². The summed E-state index contributed by atoms with van der Waals surface area (Å²) < 4.78 is 45.4. The molecule has 0 aromatic heterocycles. The van der Waals surface area contributed by atoms with Gasteiger partial charge in [-0.25, -0.2) is 0 Å². The van der Waals surface area contributed by atoms with E-state index in [0.29, 0.717) is 17.4 Å². The van der Waals surface area contributed by atoms with Crippen LogP contribution in [0, 0.1) is 23.2 Å². The molecule has 210 valence electrons. The van der Waals surface area contributed by atoms with Gasteiger partial charge in [0.25, 0.3) is 5.91 Å². The highest BCUT2D eigenvalue weighted by molar-refractivity contribution is 5.94. The van der Waals surface area contributed by atoms with E-state index in [4.69, 9.17) is 4.74 Å². The first-order valence-electron chi connectivity index (χ1n) is 14.2. The Balaban J connectivity index is 1.20. The molecule has 40 heavy (non-hydrogen) atoms. The third-order valence-corrected chi connectivity index (χ3v) is 10.6. The van der Waals surface area contributed by atoms with Crippen LogP contribution in [0.3, 0.4) is 0 Å². The van der Waals surface area contributed by atoms with Crippen LogP contribution in [0.5, 0.6) is 11.5 Å². The highest BCUT2D eigenvalue weighted by Crippen LogP contribution is 2.69. The SMILES string of the molecule is CN(C(=O)C#Cc1ccc(C(F)(F)F)cc1)[C@@H]1CC[C@@]2(C)[C@H]3Cc4ccc(O)c5c4[C@@]2(CCN3CC2CC2)[C@H]1O5. The van der Waals surface area contributed by atoms with Gasteiger partial charge in [-0.05, 0) is 92.3 Å². The molecule has 5 aliphatic rings. The highest BCUT2D eigenvalue weighted by atomic mass is 19.4. The van der Waals surface area contributed by atoms with E-state index in [1.165, 1.54) is 30.5 Å². The number of benzene rings is 2. The number of phenolic OH excluding ortho intramolecular Hbond substituents is 1. The number of halogens is 3. The number of amides is 1. The summed E-state index contributed by atoms with van der Waals surface area (Å²) in [6.45, 7) is 4.52. The Kier molecular flexibility index (Phi) is 5.58. The molecule has 2 bridgehead atoms. The summed E-state index contributed by atoms with van der Waals surface area (Å²) in [4.78, 5) is 17.7. The highest BCUT2D eigenvalue weighted by Gasteiger charge is 2.71. The smallest absolute Gasteiger partial charge is 0.416 e. The van der Waals surface area contributed by atoms with Crippen molar-refractivity contribution in [1.29, 1.82) is 0 Å². The number of aromatic hydroxyl groups is 1. The standard InChI is InChI=1S/C32H33F3N2O3/c1-30-14-13-23(36(2)26(39)12-7-19-5-9-22(10-6-19)32(33,34)35)29-31(30)15-16-37(18-20-3-4-20)25(30)17-21-8-11-24(38)28(40-29)27(21)31/h5-6,8-11,20,23,25,29,38H,3-4,13-18H2,1-2H3/t23-,25-,29+,30+,31+/m1/s1. The maximum atomic E-state index is 13.3. The van der Waals surface area contributed by atoms with Crippen LogP contribution in [0.15, 0.2) is 36.4 Å². The van der Waals surface area contributed by atoms with E-state index in [-0.39, 0.29) is 28.7 Å². The van der Waals surface area contributed by atoms with Gasteiger partial charge in [-0.15, -0.1) is 0 Å². The lowest BCUT2D eigenvalue weighted by atomic mass is 9.43. The number of piperidine rings is 1. The minimum absolute atomic E-state index is 0.0524. The molecule has 3 fully saturated rings. The Bertz CT molecular complexity index is 1440. The number of ether oxygens (including phenoxy) is 1. The zero-order valence-corrected chi connectivity index (χ0v) is 22.7. The van der Waals surface area contributed by atoms with Crippen LogP contribution in [-0.2, 0) is 22.8 Å². The summed E-state index contributed by atoms with van der Waals surface area (Å²) >= 11 is 0. The second-order valence-electron chi connectivity index (χ2n) is 12.6. The maximum Gasteiger partial charge on any atom is 0.416 e. The first-order valence-corrected chi connectivity index (χ1v) is 14.2. The van der Waals surface area contributed by atoms with Gasteiger partial charge >= 0.3 is 6.18 Å². The number of alkyl halides is 3. The van der Waals surface area contributed by atoms with Crippen LogP contribution in [0.25, 0.3) is 0 Å². The fraction of sp³-hybridized carbons (Fsp3) is 0.531. The van der Waals surface area contributed by atoms with Crippen LogP contribution in [0.2, 0.25) is 0 Å². The summed E-state index contributed by atoms with van der Waals surface area (Å²) in [7, 11) is 1.74. The summed E-state index contributed by atoms with van der Waals surface area (Å²) in [5, 5.41) is 10.9. The van der Waals surface area contributed by atoms with Crippen LogP contribution in [0.4, 0.5) is 13.2 Å². The molecule has 2 heterocycles. The van der Waals surface area contributed by atoms with Crippen molar-refractivity contribution >= 4 is 5.91 Å². The number of phenols is 1. The van der Waals surface area contributed by atoms with Crippen molar-refractivity contribution in [3.63, 3.8) is 0 Å². The van der Waals surface area contributed by atoms with E-state index in [0.717, 1.165) is 62.4 Å². The van der Waals surface area contributed by atoms with Crippen LogP contribution in [0.1, 0.15) is 61.3 Å². The molecule has 2 saturated carbocycles. The predicted octanol–water partition coefficient (Wildman–Crippen LogP) is 5.13. The first-order chi connectivity index (χ1) is 19.0. The number of hydrogen-bond donors (Lipinski definition) is 1. The third-order valence-electron chi connectivity index (χ3n) is 10.6. The van der Waals surface area contributed by atoms with Gasteiger partial charge in [-0.3, -0.25) is 9.69 Å². The molecule has 2 aromatic rings. The lowest BCUT2D eigenvalue weighted by Gasteiger charge is -2.66. The molecule has 1 amide bonds. The molecule has 5 atom stereocenters. The van der Waals surface area contributed by atoms with Crippen molar-refractivity contribution < 1.29 is 27.8 Å². The van der Waals surface area contributed by atoms with E-state index < -0.39 is 17.6 Å². The zero-order valence-electron chi connectivity index (χ0n) is 22.7. The van der Waals surface area contributed by atoms with Crippen molar-refractivity contribution in [2.24, 2.45) is 11.3 Å². The first kappa shape index (κ1) is 25.8. The van der Waals surface area contributed by atoms with Gasteiger partial charge in [-0.1, -0.05) is 18.9 Å². The number of rotatable bonds is 3. The average Bonchev–Trinajstić information content (AvgIpc) is 3.67. The Labute approximate surface area is 232 Å². The van der Waals surface area contributed by atoms with E-state index in [9.17, 15) is 23.1 Å². The largest absolute Gasteiger partial charge is 0.504 e. The molecule has 7 rings (SSSR count). The molecule has 0 radical (unpaired) electrons. The molecular weight excluding hydrogens is 517 g/mol. The van der Waals surface area contributed by atoms with Gasteiger partial charge in [-0.2, -0.15) is 13.2 Å². The molecule has 5 nitrogen and oxygen atoms in total. The Morgan fingerprint density at radius 2 is 1.90 bits per heavy atom. The van der Waals surface area contributed by atoms with Crippen LogP contribution < -0.4 is 4.74 Å². The van der Waals surface area contributed by atoms with Crippen molar-refractivity contribution in [1.82, 2.24) is 9.80 Å². The number of likely N-dealkylation sites (N-methyl/N-ethyl adjacent to an activating group) is 1. The lowest BCUT2D eigenvalue weighted by molar-refractivity contribution is -0.150. The fourth-order valence-corrected chi connectivity index (χ4v) is 8.41. The van der Waals surface area contributed by atoms with E-state index in [1.54, 1.807) is 18.0 Å². The van der Waals surface area contributed by atoms with Gasteiger partial charge in [0.2, 0.25) is 0 Å². The number of carbonyl (C=O) groups is 1. The van der Waals surface area contributed by atoms with E-state index in [2.05, 4.69) is 29.7 Å². The molecule has 3 aliphatic carbocycles. The maximum absolute atomic E-state index is 13.3. The van der Waals surface area contributed by atoms with Gasteiger partial charge < -0.3 is 14.7 Å². The van der Waals surface area contributed by atoms with E-state index in [1.807, 2.05) is 0 Å². The molecule has 2 aromatic carbocycles. The molecule has 8 heteroatoms. The van der Waals surface area contributed by atoms with Gasteiger partial charge in [0.15, 0.2) is 11.5 Å². The summed E-state index contributed by atoms with van der Waals surface area (Å²) in [5.74, 6) is 6.52. The fourth-order valence-electron chi connectivity index (χ4n) is 8.41. The minimum atomic E-state index is -4.42. The number of likely N-dealkylation sites (tertiary alicyclic amines) is 1. The van der Waals surface area contributed by atoms with Gasteiger partial charge in [0, 0.05) is 42.1 Å². The Morgan fingerprint density at radius 1 is 1.15 bits per heavy atom. The van der Waals surface area contributed by atoms with Crippen molar-refractivity contribution in [2.45, 2.75) is 75.2 Å². The molecule has 0 unspecified atom stereocenters. The van der Waals surface area contributed by atoms with Gasteiger partial charge in [0.1, 0.15) is 6.10 Å². The number of nitrogens with zero attached hydrogens (tertiary/aromatic N) is 2. The quantitative estimate of drug-likeness (QED) is 0.539. The van der Waals surface area contributed by atoms with Crippen molar-refractivity contribution in [2.75, 3.05) is 20.1 Å². The summed E-state index contributed by atoms with van der Waals surface area (Å²) in [5.41, 5.74) is 1.63. The normalized spacial score (nSPS) is 32.0. The lowest BCUT2D eigenvalue weighted by Crippen LogP contribution is -2.73.